The van der Waals surface area contributed by atoms with Crippen LogP contribution in [0.1, 0.15) is 30.7 Å². The molecule has 0 saturated carbocycles. The third kappa shape index (κ3) is 3.72. The molecule has 0 aliphatic heterocycles. The quantitative estimate of drug-likeness (QED) is 0.764. The summed E-state index contributed by atoms with van der Waals surface area (Å²) in [5.41, 5.74) is 6.64. The minimum Gasteiger partial charge on any atom is -0.445 e. The van der Waals surface area contributed by atoms with Gasteiger partial charge >= 0.3 is 0 Å². The summed E-state index contributed by atoms with van der Waals surface area (Å²) >= 11 is 1.82. The van der Waals surface area contributed by atoms with E-state index in [1.165, 1.54) is 0 Å². The van der Waals surface area contributed by atoms with Gasteiger partial charge in [0.1, 0.15) is 5.76 Å². The van der Waals surface area contributed by atoms with E-state index in [2.05, 4.69) is 4.98 Å². The molecule has 1 aromatic rings. The Kier molecular flexibility index (Phi) is 4.48. The van der Waals surface area contributed by atoms with Crippen molar-refractivity contribution in [3.05, 3.63) is 17.3 Å². The van der Waals surface area contributed by atoms with Gasteiger partial charge in [0, 0.05) is 6.04 Å². The lowest BCUT2D eigenvalue weighted by molar-refractivity contribution is 0.489. The number of rotatable bonds is 5. The number of hydrogen-bond acceptors (Lipinski definition) is 4. The van der Waals surface area contributed by atoms with Crippen LogP contribution in [0, 0.1) is 13.8 Å². The van der Waals surface area contributed by atoms with Crippen LogP contribution in [0.2, 0.25) is 0 Å². The molecular weight excluding hydrogens is 196 g/mol. The van der Waals surface area contributed by atoms with Gasteiger partial charge in [-0.05, 0) is 32.9 Å². The van der Waals surface area contributed by atoms with E-state index < -0.39 is 0 Å². The number of aromatic nitrogens is 1. The van der Waals surface area contributed by atoms with E-state index in [1.807, 2.05) is 32.5 Å². The second-order valence-electron chi connectivity index (χ2n) is 3.57. The number of hydrogen-bond donors (Lipinski definition) is 1. The second kappa shape index (κ2) is 5.41. The average molecular weight is 214 g/mol. The van der Waals surface area contributed by atoms with Gasteiger partial charge < -0.3 is 10.2 Å². The van der Waals surface area contributed by atoms with E-state index in [0.717, 1.165) is 35.3 Å². The average Bonchev–Trinajstić information content (AvgIpc) is 2.40. The molecule has 0 aromatic carbocycles. The summed E-state index contributed by atoms with van der Waals surface area (Å²) in [6.07, 6.45) is 1.04. The Morgan fingerprint density at radius 1 is 1.50 bits per heavy atom. The fraction of sp³-hybridized carbons (Fsp3) is 0.700. The molecule has 0 radical (unpaired) electrons. The van der Waals surface area contributed by atoms with E-state index in [1.54, 1.807) is 0 Å². The van der Waals surface area contributed by atoms with Crippen molar-refractivity contribution in [2.24, 2.45) is 5.73 Å². The predicted octanol–water partition coefficient (Wildman–Crippen LogP) is 2.26. The van der Waals surface area contributed by atoms with Crippen molar-refractivity contribution < 1.29 is 4.42 Å². The zero-order valence-electron chi connectivity index (χ0n) is 9.04. The fourth-order valence-corrected chi connectivity index (χ4v) is 2.01. The van der Waals surface area contributed by atoms with Crippen LogP contribution in [0.4, 0.5) is 0 Å². The molecule has 0 bridgehead atoms. The van der Waals surface area contributed by atoms with Crippen LogP contribution in [0.5, 0.6) is 0 Å². The van der Waals surface area contributed by atoms with Gasteiger partial charge in [-0.2, -0.15) is 11.8 Å². The van der Waals surface area contributed by atoms with Gasteiger partial charge in [0.2, 0.25) is 5.89 Å². The summed E-state index contributed by atoms with van der Waals surface area (Å²) in [4.78, 5) is 4.31. The van der Waals surface area contributed by atoms with Crippen molar-refractivity contribution >= 4 is 11.8 Å². The van der Waals surface area contributed by atoms with E-state index in [0.29, 0.717) is 0 Å². The highest BCUT2D eigenvalue weighted by Crippen LogP contribution is 2.15. The highest BCUT2D eigenvalue weighted by atomic mass is 32.2. The zero-order valence-corrected chi connectivity index (χ0v) is 9.86. The molecule has 14 heavy (non-hydrogen) atoms. The summed E-state index contributed by atoms with van der Waals surface area (Å²) in [5, 5.41) is 0. The minimum absolute atomic E-state index is 0.288. The molecule has 80 valence electrons. The molecule has 0 fully saturated rings. The molecule has 1 aromatic heterocycles. The Hall–Kier alpha value is -0.480. The molecule has 3 nitrogen and oxygen atoms in total. The number of thioether (sulfide) groups is 1. The first-order valence-corrected chi connectivity index (χ1v) is 6.01. The van der Waals surface area contributed by atoms with E-state index >= 15 is 0 Å². The molecule has 0 spiro atoms. The number of aryl methyl sites for hydroxylation is 2. The Balaban J connectivity index is 2.25. The van der Waals surface area contributed by atoms with Crippen LogP contribution < -0.4 is 5.73 Å². The van der Waals surface area contributed by atoms with Gasteiger partial charge in [0.05, 0.1) is 11.4 Å². The third-order valence-electron chi connectivity index (χ3n) is 2.02. The Labute approximate surface area is 89.5 Å². The molecule has 0 aliphatic rings. The molecular formula is C10H18N2OS. The number of oxazole rings is 1. The van der Waals surface area contributed by atoms with Crippen molar-refractivity contribution in [2.45, 2.75) is 39.0 Å². The van der Waals surface area contributed by atoms with E-state index in [4.69, 9.17) is 10.2 Å². The largest absolute Gasteiger partial charge is 0.445 e. The van der Waals surface area contributed by atoms with Gasteiger partial charge in [0.25, 0.3) is 0 Å². The summed E-state index contributed by atoms with van der Waals surface area (Å²) in [5.74, 6) is 3.67. The first kappa shape index (κ1) is 11.6. The maximum atomic E-state index is 5.65. The molecule has 1 unspecified atom stereocenters. The molecule has 0 amide bonds. The van der Waals surface area contributed by atoms with Crippen LogP contribution >= 0.6 is 11.8 Å². The highest BCUT2D eigenvalue weighted by Gasteiger charge is 2.05. The predicted molar refractivity (Wildman–Crippen MR) is 60.4 cm³/mol. The monoisotopic (exact) mass is 214 g/mol. The van der Waals surface area contributed by atoms with Crippen LogP contribution in [-0.2, 0) is 5.75 Å². The van der Waals surface area contributed by atoms with E-state index in [9.17, 15) is 0 Å². The first-order valence-electron chi connectivity index (χ1n) is 4.86. The van der Waals surface area contributed by atoms with Crippen LogP contribution in [0.25, 0.3) is 0 Å². The minimum atomic E-state index is 0.288. The summed E-state index contributed by atoms with van der Waals surface area (Å²) in [7, 11) is 0. The Morgan fingerprint density at radius 2 is 2.21 bits per heavy atom. The van der Waals surface area contributed by atoms with Crippen molar-refractivity contribution in [1.29, 1.82) is 0 Å². The standard InChI is InChI=1S/C10H18N2OS/c1-7(11)4-5-14-6-10-12-8(2)9(3)13-10/h7H,4-6,11H2,1-3H3. The van der Waals surface area contributed by atoms with Gasteiger partial charge in [-0.25, -0.2) is 4.98 Å². The van der Waals surface area contributed by atoms with Crippen molar-refractivity contribution in [3.8, 4) is 0 Å². The van der Waals surface area contributed by atoms with E-state index in [-0.39, 0.29) is 6.04 Å². The van der Waals surface area contributed by atoms with Crippen molar-refractivity contribution in [1.82, 2.24) is 4.98 Å². The number of nitrogens with zero attached hydrogens (tertiary/aromatic N) is 1. The molecule has 0 aliphatic carbocycles. The Morgan fingerprint density at radius 3 is 2.71 bits per heavy atom. The van der Waals surface area contributed by atoms with Crippen LogP contribution in [0.15, 0.2) is 4.42 Å². The molecule has 1 heterocycles. The molecule has 0 saturated heterocycles. The topological polar surface area (TPSA) is 52.0 Å². The molecule has 1 atom stereocenters. The SMILES string of the molecule is Cc1nc(CSCCC(C)N)oc1C. The maximum absolute atomic E-state index is 5.65. The smallest absolute Gasteiger partial charge is 0.204 e. The zero-order chi connectivity index (χ0) is 10.6. The lowest BCUT2D eigenvalue weighted by atomic mass is 10.3. The lowest BCUT2D eigenvalue weighted by Crippen LogP contribution is -2.15. The fourth-order valence-electron chi connectivity index (χ4n) is 1.03. The van der Waals surface area contributed by atoms with Crippen molar-refractivity contribution in [3.63, 3.8) is 0 Å². The summed E-state index contributed by atoms with van der Waals surface area (Å²) in [6.45, 7) is 5.94. The third-order valence-corrected chi connectivity index (χ3v) is 2.99. The molecule has 2 N–H and O–H groups in total. The summed E-state index contributed by atoms with van der Waals surface area (Å²) in [6, 6.07) is 0.288. The van der Waals surface area contributed by atoms with Gasteiger partial charge in [-0.3, -0.25) is 0 Å². The van der Waals surface area contributed by atoms with Crippen LogP contribution in [0.3, 0.4) is 0 Å². The molecule has 4 heteroatoms. The van der Waals surface area contributed by atoms with Gasteiger partial charge in [0.15, 0.2) is 0 Å². The second-order valence-corrected chi connectivity index (χ2v) is 4.67. The summed E-state index contributed by atoms with van der Waals surface area (Å²) < 4.78 is 5.46. The van der Waals surface area contributed by atoms with Gasteiger partial charge in [-0.15, -0.1) is 0 Å². The van der Waals surface area contributed by atoms with Gasteiger partial charge in [-0.1, -0.05) is 0 Å². The first-order chi connectivity index (χ1) is 6.59. The number of nitrogens with two attached hydrogens (primary N) is 1. The maximum Gasteiger partial charge on any atom is 0.204 e. The lowest BCUT2D eigenvalue weighted by Gasteiger charge is -2.02. The van der Waals surface area contributed by atoms with Crippen LogP contribution in [-0.4, -0.2) is 16.8 Å². The highest BCUT2D eigenvalue weighted by molar-refractivity contribution is 7.98. The van der Waals surface area contributed by atoms with Crippen molar-refractivity contribution in [2.75, 3.05) is 5.75 Å². The molecule has 1 rings (SSSR count). The normalized spacial score (nSPS) is 13.1. The Bertz CT molecular complexity index is 264.